The summed E-state index contributed by atoms with van der Waals surface area (Å²) < 4.78 is 64.5. The fourth-order valence-corrected chi connectivity index (χ4v) is 2.82. The summed E-state index contributed by atoms with van der Waals surface area (Å²) in [5.74, 6) is -0.287. The zero-order valence-corrected chi connectivity index (χ0v) is 11.6. The molecule has 0 aliphatic carbocycles. The summed E-state index contributed by atoms with van der Waals surface area (Å²) >= 11 is 5.51. The molecular formula is C10H8ClF3N4O2S. The minimum absolute atomic E-state index is 0.173. The highest BCUT2D eigenvalue weighted by Gasteiger charge is 2.35. The van der Waals surface area contributed by atoms with E-state index in [2.05, 4.69) is 10.2 Å². The SMILES string of the molecule is Nc1[nH]ncc1S(=O)(=O)Nc1ccc(Cl)cc1C(F)(F)F. The van der Waals surface area contributed by atoms with Crippen LogP contribution >= 0.6 is 11.6 Å². The number of nitrogens with one attached hydrogen (secondary N) is 2. The lowest BCUT2D eigenvalue weighted by molar-refractivity contribution is -0.136. The molecule has 0 aliphatic rings. The van der Waals surface area contributed by atoms with Crippen LogP contribution < -0.4 is 10.5 Å². The number of nitrogens with zero attached hydrogens (tertiary/aromatic N) is 1. The number of hydrogen-bond acceptors (Lipinski definition) is 4. The number of nitrogens with two attached hydrogens (primary N) is 1. The van der Waals surface area contributed by atoms with Crippen molar-refractivity contribution in [2.24, 2.45) is 0 Å². The van der Waals surface area contributed by atoms with Crippen LogP contribution in [0.25, 0.3) is 0 Å². The van der Waals surface area contributed by atoms with Gasteiger partial charge in [-0.05, 0) is 18.2 Å². The van der Waals surface area contributed by atoms with Crippen LogP contribution in [0.5, 0.6) is 0 Å². The van der Waals surface area contributed by atoms with Gasteiger partial charge in [0.25, 0.3) is 10.0 Å². The van der Waals surface area contributed by atoms with Crippen molar-refractivity contribution in [1.82, 2.24) is 10.2 Å². The number of anilines is 2. The Morgan fingerprint density at radius 2 is 2.00 bits per heavy atom. The number of nitrogen functional groups attached to an aromatic ring is 1. The molecule has 0 amide bonds. The molecule has 0 spiro atoms. The van der Waals surface area contributed by atoms with Gasteiger partial charge in [0.2, 0.25) is 0 Å². The first-order chi connectivity index (χ1) is 9.61. The maximum atomic E-state index is 12.9. The van der Waals surface area contributed by atoms with E-state index in [-0.39, 0.29) is 10.8 Å². The average molecular weight is 341 g/mol. The van der Waals surface area contributed by atoms with Crippen LogP contribution in [0.2, 0.25) is 5.02 Å². The Bertz CT molecular complexity index is 773. The lowest BCUT2D eigenvalue weighted by Gasteiger charge is -2.14. The molecule has 0 unspecified atom stereocenters. The Labute approximate surface area is 122 Å². The van der Waals surface area contributed by atoms with Crippen LogP contribution in [0.4, 0.5) is 24.7 Å². The van der Waals surface area contributed by atoms with E-state index in [4.69, 9.17) is 17.3 Å². The molecule has 0 aliphatic heterocycles. The lowest BCUT2D eigenvalue weighted by Crippen LogP contribution is -2.17. The third kappa shape index (κ3) is 3.22. The number of H-pyrrole nitrogens is 1. The quantitative estimate of drug-likeness (QED) is 0.798. The van der Waals surface area contributed by atoms with Gasteiger partial charge in [0.1, 0.15) is 10.7 Å². The molecule has 1 aromatic carbocycles. The maximum absolute atomic E-state index is 12.9. The van der Waals surface area contributed by atoms with E-state index in [1.807, 2.05) is 4.72 Å². The third-order valence-electron chi connectivity index (χ3n) is 2.45. The predicted octanol–water partition coefficient (Wildman–Crippen LogP) is 2.46. The van der Waals surface area contributed by atoms with Crippen LogP contribution in [0.3, 0.4) is 0 Å². The van der Waals surface area contributed by atoms with Gasteiger partial charge in [0, 0.05) is 5.02 Å². The van der Waals surface area contributed by atoms with Crippen molar-refractivity contribution in [1.29, 1.82) is 0 Å². The minimum Gasteiger partial charge on any atom is -0.383 e. The second-order valence-corrected chi connectivity index (χ2v) is 6.03. The number of aromatic amines is 1. The van der Waals surface area contributed by atoms with E-state index in [1.54, 1.807) is 0 Å². The first-order valence-corrected chi connectivity index (χ1v) is 7.16. The van der Waals surface area contributed by atoms with Gasteiger partial charge in [-0.2, -0.15) is 18.3 Å². The van der Waals surface area contributed by atoms with Gasteiger partial charge in [-0.3, -0.25) is 9.82 Å². The number of sulfonamides is 1. The largest absolute Gasteiger partial charge is 0.418 e. The number of rotatable bonds is 3. The highest BCUT2D eigenvalue weighted by Crippen LogP contribution is 2.37. The summed E-state index contributed by atoms with van der Waals surface area (Å²) in [4.78, 5) is -0.453. The Morgan fingerprint density at radius 3 is 2.52 bits per heavy atom. The minimum atomic E-state index is -4.77. The van der Waals surface area contributed by atoms with Gasteiger partial charge in [-0.1, -0.05) is 11.6 Å². The van der Waals surface area contributed by atoms with E-state index in [0.29, 0.717) is 6.07 Å². The van der Waals surface area contributed by atoms with E-state index < -0.39 is 32.3 Å². The molecule has 1 heterocycles. The van der Waals surface area contributed by atoms with Gasteiger partial charge < -0.3 is 5.73 Å². The summed E-state index contributed by atoms with van der Waals surface area (Å²) in [7, 11) is -4.31. The molecule has 2 aromatic rings. The zero-order valence-electron chi connectivity index (χ0n) is 10.1. The Balaban J connectivity index is 2.48. The second-order valence-electron chi connectivity index (χ2n) is 3.94. The second kappa shape index (κ2) is 5.11. The van der Waals surface area contributed by atoms with Gasteiger partial charge in [-0.25, -0.2) is 8.42 Å². The van der Waals surface area contributed by atoms with Crippen LogP contribution in [0, 0.1) is 0 Å². The Morgan fingerprint density at radius 1 is 1.33 bits per heavy atom. The van der Waals surface area contributed by atoms with E-state index >= 15 is 0 Å². The third-order valence-corrected chi connectivity index (χ3v) is 4.08. The summed E-state index contributed by atoms with van der Waals surface area (Å²) in [6, 6.07) is 2.67. The van der Waals surface area contributed by atoms with Crippen molar-refractivity contribution >= 4 is 33.1 Å². The smallest absolute Gasteiger partial charge is 0.383 e. The van der Waals surface area contributed by atoms with E-state index in [1.165, 1.54) is 0 Å². The molecule has 0 fully saturated rings. The van der Waals surface area contributed by atoms with Gasteiger partial charge in [-0.15, -0.1) is 0 Å². The fourth-order valence-electron chi connectivity index (χ4n) is 1.54. The van der Waals surface area contributed by atoms with Crippen molar-refractivity contribution in [3.8, 4) is 0 Å². The molecule has 114 valence electrons. The van der Waals surface area contributed by atoms with Crippen LogP contribution in [-0.2, 0) is 16.2 Å². The Kier molecular flexibility index (Phi) is 3.76. The summed E-state index contributed by atoms with van der Waals surface area (Å²) in [6.45, 7) is 0. The van der Waals surface area contributed by atoms with Crippen molar-refractivity contribution in [2.75, 3.05) is 10.5 Å². The molecule has 0 atom stereocenters. The number of alkyl halides is 3. The topological polar surface area (TPSA) is 101 Å². The normalized spacial score (nSPS) is 12.4. The number of benzene rings is 1. The molecule has 21 heavy (non-hydrogen) atoms. The Hall–Kier alpha value is -1.94. The summed E-state index contributed by atoms with van der Waals surface area (Å²) in [6.07, 6.45) is -3.88. The predicted molar refractivity (Wildman–Crippen MR) is 70.3 cm³/mol. The highest BCUT2D eigenvalue weighted by molar-refractivity contribution is 7.92. The van der Waals surface area contributed by atoms with Crippen molar-refractivity contribution in [3.05, 3.63) is 35.0 Å². The van der Waals surface area contributed by atoms with E-state index in [0.717, 1.165) is 18.3 Å². The monoisotopic (exact) mass is 340 g/mol. The number of aromatic nitrogens is 2. The molecule has 0 saturated carbocycles. The van der Waals surface area contributed by atoms with Crippen LogP contribution in [0.15, 0.2) is 29.3 Å². The first-order valence-electron chi connectivity index (χ1n) is 5.29. The lowest BCUT2D eigenvalue weighted by atomic mass is 10.2. The van der Waals surface area contributed by atoms with Crippen molar-refractivity contribution in [3.63, 3.8) is 0 Å². The fraction of sp³-hybridized carbons (Fsp3) is 0.100. The van der Waals surface area contributed by atoms with Gasteiger partial charge >= 0.3 is 6.18 Å². The molecule has 2 rings (SSSR count). The molecule has 0 bridgehead atoms. The maximum Gasteiger partial charge on any atom is 0.418 e. The molecule has 11 heteroatoms. The summed E-state index contributed by atoms with van der Waals surface area (Å²) in [5.41, 5.74) is 3.48. The molecule has 0 saturated heterocycles. The average Bonchev–Trinajstić information content (AvgIpc) is 2.77. The molecule has 1 aromatic heterocycles. The van der Waals surface area contributed by atoms with Crippen LogP contribution in [0.1, 0.15) is 5.56 Å². The van der Waals surface area contributed by atoms with Crippen LogP contribution in [-0.4, -0.2) is 18.6 Å². The summed E-state index contributed by atoms with van der Waals surface area (Å²) in [5, 5.41) is 5.41. The first kappa shape index (κ1) is 15.4. The van der Waals surface area contributed by atoms with Crippen molar-refractivity contribution in [2.45, 2.75) is 11.1 Å². The molecule has 6 nitrogen and oxygen atoms in total. The molecular weight excluding hydrogens is 333 g/mol. The number of hydrogen-bond donors (Lipinski definition) is 3. The van der Waals surface area contributed by atoms with Gasteiger partial charge in [0.05, 0.1) is 17.4 Å². The standard InChI is InChI=1S/C10H8ClF3N4O2S/c11-5-1-2-7(6(3-5)10(12,13)14)18-21(19,20)8-4-16-17-9(8)15/h1-4,18H,(H3,15,16,17). The van der Waals surface area contributed by atoms with Gasteiger partial charge in [0.15, 0.2) is 0 Å². The molecule has 0 radical (unpaired) electrons. The molecule has 4 N–H and O–H groups in total. The number of halogens is 4. The van der Waals surface area contributed by atoms with E-state index in [9.17, 15) is 21.6 Å². The highest BCUT2D eigenvalue weighted by atomic mass is 35.5. The zero-order chi connectivity index (χ0) is 15.8. The van der Waals surface area contributed by atoms with Crippen molar-refractivity contribution < 1.29 is 21.6 Å².